The monoisotopic (exact) mass is 303 g/mol. The predicted molar refractivity (Wildman–Crippen MR) is 80.8 cm³/mol. The summed E-state index contributed by atoms with van der Waals surface area (Å²) in [4.78, 5) is 35.2. The Bertz CT molecular complexity index is 762. The van der Waals surface area contributed by atoms with Crippen LogP contribution in [0.15, 0.2) is 39.5 Å². The number of nitrogens with one attached hydrogen (secondary N) is 1. The molecule has 6 nitrogen and oxygen atoms in total. The van der Waals surface area contributed by atoms with Gasteiger partial charge in [-0.05, 0) is 24.5 Å². The molecule has 0 fully saturated rings. The first-order chi connectivity index (χ1) is 10.4. The van der Waals surface area contributed by atoms with Gasteiger partial charge in [0.1, 0.15) is 17.2 Å². The van der Waals surface area contributed by atoms with Crippen LogP contribution in [-0.4, -0.2) is 23.0 Å². The van der Waals surface area contributed by atoms with Crippen LogP contribution in [0, 0.1) is 5.92 Å². The third-order valence-electron chi connectivity index (χ3n) is 3.20. The number of carbonyl (C=O) groups excluding carboxylic acids is 1. The van der Waals surface area contributed by atoms with Crippen LogP contribution >= 0.6 is 0 Å². The molecule has 22 heavy (non-hydrogen) atoms. The minimum Gasteiger partial charge on any atom is -0.480 e. The lowest BCUT2D eigenvalue weighted by molar-refractivity contribution is -0.139. The Morgan fingerprint density at radius 2 is 1.95 bits per heavy atom. The summed E-state index contributed by atoms with van der Waals surface area (Å²) in [5, 5.41) is 12.1. The largest absolute Gasteiger partial charge is 0.480 e. The van der Waals surface area contributed by atoms with Gasteiger partial charge < -0.3 is 14.8 Å². The van der Waals surface area contributed by atoms with Gasteiger partial charge in [0, 0.05) is 5.39 Å². The molecule has 1 aromatic heterocycles. The summed E-state index contributed by atoms with van der Waals surface area (Å²) in [6.45, 7) is 3.71. The molecule has 0 aliphatic rings. The molecule has 0 bridgehead atoms. The molecule has 6 heteroatoms. The van der Waals surface area contributed by atoms with Crippen molar-refractivity contribution in [3.8, 4) is 0 Å². The van der Waals surface area contributed by atoms with Gasteiger partial charge in [-0.15, -0.1) is 0 Å². The lowest BCUT2D eigenvalue weighted by Crippen LogP contribution is -2.42. The van der Waals surface area contributed by atoms with E-state index in [0.717, 1.165) is 0 Å². The number of carboxylic acids is 1. The first kappa shape index (κ1) is 15.8. The van der Waals surface area contributed by atoms with Crippen molar-refractivity contribution in [3.05, 3.63) is 46.3 Å². The van der Waals surface area contributed by atoms with Crippen molar-refractivity contribution in [2.45, 2.75) is 26.3 Å². The molecule has 116 valence electrons. The molecule has 1 aromatic carbocycles. The molecule has 2 rings (SSSR count). The van der Waals surface area contributed by atoms with Crippen LogP contribution in [0.3, 0.4) is 0 Å². The van der Waals surface area contributed by atoms with Gasteiger partial charge in [0.25, 0.3) is 5.91 Å². The van der Waals surface area contributed by atoms with Gasteiger partial charge >= 0.3 is 11.6 Å². The van der Waals surface area contributed by atoms with Crippen molar-refractivity contribution >= 4 is 22.8 Å². The molecule has 1 amide bonds. The van der Waals surface area contributed by atoms with Crippen LogP contribution in [0.5, 0.6) is 0 Å². The normalized spacial score (nSPS) is 12.3. The minimum atomic E-state index is -1.13. The zero-order valence-electron chi connectivity index (χ0n) is 12.3. The Kier molecular flexibility index (Phi) is 4.60. The number of fused-ring (bicyclic) bond motifs is 1. The molecule has 0 aliphatic carbocycles. The Labute approximate surface area is 126 Å². The van der Waals surface area contributed by atoms with Crippen LogP contribution in [0.25, 0.3) is 11.0 Å². The quantitative estimate of drug-likeness (QED) is 0.824. The van der Waals surface area contributed by atoms with E-state index < -0.39 is 23.5 Å². The molecule has 0 spiro atoms. The molecule has 0 aliphatic heterocycles. The fourth-order valence-corrected chi connectivity index (χ4v) is 2.15. The second kappa shape index (κ2) is 6.43. The number of amides is 1. The second-order valence-electron chi connectivity index (χ2n) is 5.48. The van der Waals surface area contributed by atoms with Crippen molar-refractivity contribution in [1.29, 1.82) is 0 Å². The summed E-state index contributed by atoms with van der Waals surface area (Å²) < 4.78 is 5.07. The maximum atomic E-state index is 12.2. The topological polar surface area (TPSA) is 96.6 Å². The lowest BCUT2D eigenvalue weighted by Gasteiger charge is -2.16. The van der Waals surface area contributed by atoms with E-state index in [9.17, 15) is 14.4 Å². The van der Waals surface area contributed by atoms with E-state index in [1.807, 2.05) is 13.8 Å². The highest BCUT2D eigenvalue weighted by molar-refractivity contribution is 5.98. The van der Waals surface area contributed by atoms with E-state index >= 15 is 0 Å². The highest BCUT2D eigenvalue weighted by atomic mass is 16.4. The lowest BCUT2D eigenvalue weighted by atomic mass is 10.0. The molecule has 2 N–H and O–H groups in total. The molecular formula is C16H17NO5. The highest BCUT2D eigenvalue weighted by Crippen LogP contribution is 2.13. The summed E-state index contributed by atoms with van der Waals surface area (Å²) in [6.07, 6.45) is 0.278. The van der Waals surface area contributed by atoms with E-state index in [0.29, 0.717) is 11.0 Å². The van der Waals surface area contributed by atoms with Crippen LogP contribution in [0.1, 0.15) is 30.6 Å². The fraction of sp³-hybridized carbons (Fsp3) is 0.312. The predicted octanol–water partition coefficient (Wildman–Crippen LogP) is 2.02. The number of rotatable bonds is 5. The van der Waals surface area contributed by atoms with E-state index in [2.05, 4.69) is 5.32 Å². The van der Waals surface area contributed by atoms with E-state index in [4.69, 9.17) is 9.52 Å². The van der Waals surface area contributed by atoms with Gasteiger partial charge in [-0.1, -0.05) is 32.0 Å². The molecule has 0 radical (unpaired) electrons. The maximum absolute atomic E-state index is 12.2. The minimum absolute atomic E-state index is 0.0920. The third kappa shape index (κ3) is 3.52. The van der Waals surface area contributed by atoms with Crippen LogP contribution in [0.2, 0.25) is 0 Å². The van der Waals surface area contributed by atoms with E-state index in [1.165, 1.54) is 6.07 Å². The third-order valence-corrected chi connectivity index (χ3v) is 3.20. The Hall–Kier alpha value is -2.63. The van der Waals surface area contributed by atoms with E-state index in [-0.39, 0.29) is 17.9 Å². The van der Waals surface area contributed by atoms with Gasteiger partial charge in [-0.2, -0.15) is 0 Å². The fourth-order valence-electron chi connectivity index (χ4n) is 2.15. The second-order valence-corrected chi connectivity index (χ2v) is 5.48. The van der Waals surface area contributed by atoms with Crippen LogP contribution < -0.4 is 10.9 Å². The number of carboxylic acid groups (broad SMARTS) is 1. The van der Waals surface area contributed by atoms with Crippen molar-refractivity contribution in [2.75, 3.05) is 0 Å². The summed E-state index contributed by atoms with van der Waals surface area (Å²) >= 11 is 0. The number of aliphatic carboxylic acids is 1. The number of carbonyl (C=O) groups is 2. The van der Waals surface area contributed by atoms with Gasteiger partial charge in [0.15, 0.2) is 0 Å². The number of hydrogen-bond donors (Lipinski definition) is 2. The smallest absolute Gasteiger partial charge is 0.349 e. The number of para-hydroxylation sites is 1. The highest BCUT2D eigenvalue weighted by Gasteiger charge is 2.23. The standard InChI is InChI=1S/C16H17NO5/c1-9(2)7-12(15(19)20)17-14(18)11-8-10-5-3-4-6-13(10)22-16(11)21/h3-6,8-9,12H,7H2,1-2H3,(H,17,18)(H,19,20)/t12-/m0/s1. The zero-order chi connectivity index (χ0) is 16.3. The Balaban J connectivity index is 2.30. The summed E-state index contributed by atoms with van der Waals surface area (Å²) in [5.74, 6) is -1.78. The first-order valence-electron chi connectivity index (χ1n) is 6.95. The molecule has 2 aromatic rings. The maximum Gasteiger partial charge on any atom is 0.349 e. The summed E-state index contributed by atoms with van der Waals surface area (Å²) in [6, 6.07) is 7.16. The van der Waals surface area contributed by atoms with Crippen LogP contribution in [0.4, 0.5) is 0 Å². The number of hydrogen-bond acceptors (Lipinski definition) is 4. The summed E-state index contributed by atoms with van der Waals surface area (Å²) in [5.41, 5.74) is -0.611. The molecule has 0 unspecified atom stereocenters. The molecule has 0 saturated carbocycles. The molecule has 1 heterocycles. The Morgan fingerprint density at radius 1 is 1.27 bits per heavy atom. The van der Waals surface area contributed by atoms with Gasteiger partial charge in [-0.3, -0.25) is 4.79 Å². The molecular weight excluding hydrogens is 286 g/mol. The SMILES string of the molecule is CC(C)C[C@H](NC(=O)c1cc2ccccc2oc1=O)C(=O)O. The zero-order valence-corrected chi connectivity index (χ0v) is 12.3. The van der Waals surface area contributed by atoms with Gasteiger partial charge in [-0.25, -0.2) is 9.59 Å². The van der Waals surface area contributed by atoms with Crippen molar-refractivity contribution < 1.29 is 19.1 Å². The van der Waals surface area contributed by atoms with Crippen molar-refractivity contribution in [2.24, 2.45) is 5.92 Å². The number of benzene rings is 1. The first-order valence-corrected chi connectivity index (χ1v) is 6.95. The van der Waals surface area contributed by atoms with E-state index in [1.54, 1.807) is 24.3 Å². The van der Waals surface area contributed by atoms with Gasteiger partial charge in [0.2, 0.25) is 0 Å². The van der Waals surface area contributed by atoms with Crippen molar-refractivity contribution in [1.82, 2.24) is 5.32 Å². The Morgan fingerprint density at radius 3 is 2.59 bits per heavy atom. The summed E-state index contributed by atoms with van der Waals surface area (Å²) in [7, 11) is 0. The molecule has 0 saturated heterocycles. The van der Waals surface area contributed by atoms with Gasteiger partial charge in [0.05, 0.1) is 0 Å². The average molecular weight is 303 g/mol. The van der Waals surface area contributed by atoms with Crippen LogP contribution in [-0.2, 0) is 4.79 Å². The van der Waals surface area contributed by atoms with Crippen molar-refractivity contribution in [3.63, 3.8) is 0 Å². The average Bonchev–Trinajstić information content (AvgIpc) is 2.45. The molecule has 1 atom stereocenters.